The second-order valence-electron chi connectivity index (χ2n) is 5.97. The molecule has 1 unspecified atom stereocenters. The second-order valence-corrected chi connectivity index (χ2v) is 5.97. The molecule has 2 heterocycles. The Bertz CT molecular complexity index is 603. The van der Waals surface area contributed by atoms with Crippen LogP contribution in [0.1, 0.15) is 13.3 Å². The third kappa shape index (κ3) is 2.41. The number of amides is 1. The molecule has 1 aromatic carbocycles. The molecule has 0 bridgehead atoms. The Hall–Kier alpha value is -1.88. The van der Waals surface area contributed by atoms with Crippen molar-refractivity contribution in [2.24, 2.45) is 11.1 Å². The molecule has 20 heavy (non-hydrogen) atoms. The number of benzene rings is 1. The van der Waals surface area contributed by atoms with Gasteiger partial charge < -0.3 is 10.6 Å². The Kier molecular flexibility index (Phi) is 3.22. The molecular formula is C15H20N4O. The first-order valence-electron chi connectivity index (χ1n) is 7.00. The minimum atomic E-state index is 0.0739. The summed E-state index contributed by atoms with van der Waals surface area (Å²) in [7, 11) is 0. The summed E-state index contributed by atoms with van der Waals surface area (Å²) >= 11 is 0. The zero-order valence-corrected chi connectivity index (χ0v) is 11.7. The maximum absolute atomic E-state index is 12.3. The number of nitrogens with two attached hydrogens (primary N) is 1. The third-order valence-electron chi connectivity index (χ3n) is 4.16. The van der Waals surface area contributed by atoms with Crippen LogP contribution in [0.5, 0.6) is 0 Å². The molecule has 5 heteroatoms. The molecule has 2 aromatic rings. The predicted molar refractivity (Wildman–Crippen MR) is 78.1 cm³/mol. The van der Waals surface area contributed by atoms with Crippen molar-refractivity contribution >= 4 is 16.8 Å². The topological polar surface area (TPSA) is 64.2 Å². The van der Waals surface area contributed by atoms with E-state index in [-0.39, 0.29) is 11.3 Å². The van der Waals surface area contributed by atoms with Gasteiger partial charge in [-0.15, -0.1) is 0 Å². The summed E-state index contributed by atoms with van der Waals surface area (Å²) in [6, 6.07) is 7.89. The van der Waals surface area contributed by atoms with Crippen LogP contribution in [0.25, 0.3) is 10.9 Å². The van der Waals surface area contributed by atoms with Gasteiger partial charge in [-0.3, -0.25) is 9.48 Å². The zero-order valence-electron chi connectivity index (χ0n) is 11.7. The summed E-state index contributed by atoms with van der Waals surface area (Å²) < 4.78 is 1.73. The van der Waals surface area contributed by atoms with E-state index in [9.17, 15) is 4.79 Å². The third-order valence-corrected chi connectivity index (χ3v) is 4.16. The van der Waals surface area contributed by atoms with E-state index in [0.29, 0.717) is 13.1 Å². The van der Waals surface area contributed by atoms with Crippen molar-refractivity contribution in [1.29, 1.82) is 0 Å². The van der Waals surface area contributed by atoms with Crippen LogP contribution < -0.4 is 5.73 Å². The highest BCUT2D eigenvalue weighted by molar-refractivity contribution is 5.80. The molecule has 1 atom stereocenters. The number of hydrogen-bond donors (Lipinski definition) is 1. The van der Waals surface area contributed by atoms with Gasteiger partial charge in [0.15, 0.2) is 0 Å². The van der Waals surface area contributed by atoms with Gasteiger partial charge in [0.05, 0.1) is 5.52 Å². The summed E-state index contributed by atoms with van der Waals surface area (Å²) in [5, 5.41) is 5.49. The fourth-order valence-corrected chi connectivity index (χ4v) is 2.74. The lowest BCUT2D eigenvalue weighted by atomic mass is 9.90. The van der Waals surface area contributed by atoms with E-state index >= 15 is 0 Å². The van der Waals surface area contributed by atoms with E-state index in [1.807, 2.05) is 35.4 Å². The van der Waals surface area contributed by atoms with E-state index in [2.05, 4.69) is 12.0 Å². The Morgan fingerprint density at radius 1 is 1.45 bits per heavy atom. The van der Waals surface area contributed by atoms with Crippen molar-refractivity contribution in [2.75, 3.05) is 19.6 Å². The second kappa shape index (κ2) is 4.90. The van der Waals surface area contributed by atoms with E-state index in [1.54, 1.807) is 4.68 Å². The van der Waals surface area contributed by atoms with Gasteiger partial charge in [-0.1, -0.05) is 25.1 Å². The highest BCUT2D eigenvalue weighted by Crippen LogP contribution is 2.28. The van der Waals surface area contributed by atoms with Gasteiger partial charge in [-0.2, -0.15) is 5.10 Å². The summed E-state index contributed by atoms with van der Waals surface area (Å²) in [6.07, 6.45) is 2.90. The average Bonchev–Trinajstić information content (AvgIpc) is 3.02. The van der Waals surface area contributed by atoms with Crippen molar-refractivity contribution in [2.45, 2.75) is 19.9 Å². The number of nitrogens with zero attached hydrogens (tertiary/aromatic N) is 3. The molecule has 1 amide bonds. The van der Waals surface area contributed by atoms with E-state index in [4.69, 9.17) is 5.73 Å². The molecular weight excluding hydrogens is 252 g/mol. The Balaban J connectivity index is 1.70. The van der Waals surface area contributed by atoms with Crippen LogP contribution in [0, 0.1) is 5.41 Å². The lowest BCUT2D eigenvalue weighted by molar-refractivity contribution is -0.131. The molecule has 5 nitrogen and oxygen atoms in total. The lowest BCUT2D eigenvalue weighted by Crippen LogP contribution is -2.36. The monoisotopic (exact) mass is 272 g/mol. The maximum Gasteiger partial charge on any atom is 0.244 e. The standard InChI is InChI=1S/C15H20N4O/c1-15(10-16)6-7-18(11-15)14(20)9-19-8-12-4-2-3-5-13(12)17-19/h2-5,8H,6-7,9-11,16H2,1H3. The minimum Gasteiger partial charge on any atom is -0.340 e. The van der Waals surface area contributed by atoms with Crippen LogP contribution in [0.15, 0.2) is 30.5 Å². The van der Waals surface area contributed by atoms with Crippen molar-refractivity contribution in [3.8, 4) is 0 Å². The number of carbonyl (C=O) groups excluding carboxylic acids is 1. The Labute approximate surface area is 118 Å². The predicted octanol–water partition coefficient (Wildman–Crippen LogP) is 1.23. The SMILES string of the molecule is CC1(CN)CCN(C(=O)Cn2cc3ccccc3n2)C1. The number of hydrogen-bond acceptors (Lipinski definition) is 3. The highest BCUT2D eigenvalue weighted by Gasteiger charge is 2.34. The summed E-state index contributed by atoms with van der Waals surface area (Å²) in [4.78, 5) is 14.2. The Morgan fingerprint density at radius 3 is 2.95 bits per heavy atom. The van der Waals surface area contributed by atoms with Gasteiger partial charge in [0.2, 0.25) is 5.91 Å². The number of rotatable bonds is 3. The fourth-order valence-electron chi connectivity index (χ4n) is 2.74. The smallest absolute Gasteiger partial charge is 0.244 e. The molecule has 2 N–H and O–H groups in total. The lowest BCUT2D eigenvalue weighted by Gasteiger charge is -2.22. The number of likely N-dealkylation sites (tertiary alicyclic amines) is 1. The van der Waals surface area contributed by atoms with Gasteiger partial charge >= 0.3 is 0 Å². The maximum atomic E-state index is 12.3. The highest BCUT2D eigenvalue weighted by atomic mass is 16.2. The molecule has 0 saturated carbocycles. The van der Waals surface area contributed by atoms with Gasteiger partial charge in [-0.05, 0) is 24.4 Å². The van der Waals surface area contributed by atoms with Gasteiger partial charge in [0.25, 0.3) is 0 Å². The van der Waals surface area contributed by atoms with E-state index < -0.39 is 0 Å². The molecule has 0 spiro atoms. The average molecular weight is 272 g/mol. The van der Waals surface area contributed by atoms with Crippen molar-refractivity contribution in [3.05, 3.63) is 30.5 Å². The largest absolute Gasteiger partial charge is 0.340 e. The zero-order chi connectivity index (χ0) is 14.2. The number of fused-ring (bicyclic) bond motifs is 1. The molecule has 0 radical (unpaired) electrons. The Morgan fingerprint density at radius 2 is 2.25 bits per heavy atom. The normalized spacial score (nSPS) is 22.6. The van der Waals surface area contributed by atoms with Gasteiger partial charge in [-0.25, -0.2) is 0 Å². The summed E-state index contributed by atoms with van der Waals surface area (Å²) in [5.74, 6) is 0.120. The molecule has 1 aliphatic rings. The van der Waals surface area contributed by atoms with Gasteiger partial charge in [0.1, 0.15) is 6.54 Å². The molecule has 1 fully saturated rings. The number of carbonyl (C=O) groups is 1. The first kappa shape index (κ1) is 13.1. The van der Waals surface area contributed by atoms with Crippen molar-refractivity contribution in [3.63, 3.8) is 0 Å². The first-order valence-corrected chi connectivity index (χ1v) is 7.00. The van der Waals surface area contributed by atoms with E-state index in [1.165, 1.54) is 0 Å². The van der Waals surface area contributed by atoms with Crippen LogP contribution >= 0.6 is 0 Å². The van der Waals surface area contributed by atoms with Crippen molar-refractivity contribution < 1.29 is 4.79 Å². The molecule has 1 saturated heterocycles. The van der Waals surface area contributed by atoms with Crippen LogP contribution in [0.3, 0.4) is 0 Å². The van der Waals surface area contributed by atoms with Crippen LogP contribution in [-0.4, -0.2) is 40.2 Å². The quantitative estimate of drug-likeness (QED) is 0.914. The fraction of sp³-hybridized carbons (Fsp3) is 0.467. The summed E-state index contributed by atoms with van der Waals surface area (Å²) in [5.41, 5.74) is 6.78. The molecule has 1 aromatic heterocycles. The molecule has 3 rings (SSSR count). The summed E-state index contributed by atoms with van der Waals surface area (Å²) in [6.45, 7) is 4.62. The van der Waals surface area contributed by atoms with Crippen LogP contribution in [0.4, 0.5) is 0 Å². The minimum absolute atomic E-state index is 0.0739. The van der Waals surface area contributed by atoms with Crippen molar-refractivity contribution in [1.82, 2.24) is 14.7 Å². The van der Waals surface area contributed by atoms with Gasteiger partial charge in [0, 0.05) is 24.7 Å². The van der Waals surface area contributed by atoms with Crippen LogP contribution in [-0.2, 0) is 11.3 Å². The van der Waals surface area contributed by atoms with E-state index in [0.717, 1.165) is 30.4 Å². The first-order chi connectivity index (χ1) is 9.59. The van der Waals surface area contributed by atoms with Crippen LogP contribution in [0.2, 0.25) is 0 Å². The molecule has 106 valence electrons. The number of aromatic nitrogens is 2. The molecule has 0 aliphatic carbocycles. The molecule has 1 aliphatic heterocycles.